The number of rotatable bonds is 3. The first-order valence-corrected chi connectivity index (χ1v) is 10.3. The molecule has 8 heteroatoms. The Hall–Kier alpha value is -3.42. The Balaban J connectivity index is 1.48. The van der Waals surface area contributed by atoms with Gasteiger partial charge in [0.15, 0.2) is 0 Å². The predicted molar refractivity (Wildman–Crippen MR) is 111 cm³/mol. The number of nitrogens with one attached hydrogen (secondary N) is 1. The predicted octanol–water partition coefficient (Wildman–Crippen LogP) is 4.66. The second-order valence-electron chi connectivity index (χ2n) is 8.49. The van der Waals surface area contributed by atoms with E-state index in [1.54, 1.807) is 6.07 Å². The number of benzene rings is 2. The molecule has 0 spiro atoms. The number of carbonyl (C=O) groups excluding carboxylic acids is 3. The van der Waals surface area contributed by atoms with Crippen molar-refractivity contribution in [1.29, 1.82) is 0 Å². The number of hydrogen-bond acceptors (Lipinski definition) is 3. The SMILES string of the molecule is CC1=C[C@H]2C[C@H]1[C@@H]1C(=O)N(c3ccccc3C(=O)Nc3ccccc3C(F)(F)F)C(=O)[C@@H]12. The van der Waals surface area contributed by atoms with E-state index in [4.69, 9.17) is 0 Å². The Bertz CT molecular complexity index is 1190. The summed E-state index contributed by atoms with van der Waals surface area (Å²) >= 11 is 0. The van der Waals surface area contributed by atoms with E-state index < -0.39 is 35.2 Å². The number of amides is 3. The third-order valence-electron chi connectivity index (χ3n) is 6.75. The van der Waals surface area contributed by atoms with Gasteiger partial charge in [-0.2, -0.15) is 13.2 Å². The van der Waals surface area contributed by atoms with Crippen LogP contribution in [0, 0.1) is 23.7 Å². The summed E-state index contributed by atoms with van der Waals surface area (Å²) < 4.78 is 40.0. The summed E-state index contributed by atoms with van der Waals surface area (Å²) in [6.45, 7) is 1.96. The maximum Gasteiger partial charge on any atom is 0.418 e. The molecule has 2 aromatic carbocycles. The molecule has 2 fully saturated rings. The summed E-state index contributed by atoms with van der Waals surface area (Å²) in [5, 5.41) is 2.30. The van der Waals surface area contributed by atoms with E-state index in [0.29, 0.717) is 0 Å². The average Bonchev–Trinajstić information content (AvgIpc) is 3.38. The van der Waals surface area contributed by atoms with Crippen LogP contribution in [0.2, 0.25) is 0 Å². The zero-order chi connectivity index (χ0) is 22.8. The minimum atomic E-state index is -4.65. The quantitative estimate of drug-likeness (QED) is 0.558. The molecule has 0 aromatic heterocycles. The molecule has 0 unspecified atom stereocenters. The molecule has 164 valence electrons. The summed E-state index contributed by atoms with van der Waals surface area (Å²) in [6.07, 6.45) is -1.82. The highest BCUT2D eigenvalue weighted by atomic mass is 19.4. The fraction of sp³-hybridized carbons (Fsp3) is 0.292. The highest BCUT2D eigenvalue weighted by Crippen LogP contribution is 2.56. The second-order valence-corrected chi connectivity index (χ2v) is 8.49. The fourth-order valence-corrected chi connectivity index (χ4v) is 5.40. The molecule has 2 aliphatic carbocycles. The van der Waals surface area contributed by atoms with Gasteiger partial charge in [-0.25, -0.2) is 4.90 Å². The Morgan fingerprint density at radius 2 is 1.66 bits per heavy atom. The minimum absolute atomic E-state index is 0.00565. The van der Waals surface area contributed by atoms with Gasteiger partial charge in [0.2, 0.25) is 11.8 Å². The molecule has 1 heterocycles. The van der Waals surface area contributed by atoms with Crippen molar-refractivity contribution < 1.29 is 27.6 Å². The zero-order valence-electron chi connectivity index (χ0n) is 17.0. The van der Waals surface area contributed by atoms with Gasteiger partial charge in [-0.15, -0.1) is 0 Å². The van der Waals surface area contributed by atoms with Crippen LogP contribution in [-0.2, 0) is 15.8 Å². The number of anilines is 2. The Morgan fingerprint density at radius 1 is 1.00 bits per heavy atom. The van der Waals surface area contributed by atoms with Crippen molar-refractivity contribution in [2.75, 3.05) is 10.2 Å². The van der Waals surface area contributed by atoms with Crippen molar-refractivity contribution in [3.8, 4) is 0 Å². The lowest BCUT2D eigenvalue weighted by molar-refractivity contribution is -0.137. The number of para-hydroxylation sites is 2. The van der Waals surface area contributed by atoms with Crippen molar-refractivity contribution in [2.45, 2.75) is 19.5 Å². The van der Waals surface area contributed by atoms with Crippen LogP contribution in [-0.4, -0.2) is 17.7 Å². The highest BCUT2D eigenvalue weighted by molar-refractivity contribution is 6.25. The number of nitrogens with zero attached hydrogens (tertiary/aromatic N) is 1. The molecule has 1 saturated carbocycles. The van der Waals surface area contributed by atoms with E-state index >= 15 is 0 Å². The van der Waals surface area contributed by atoms with Crippen molar-refractivity contribution >= 4 is 29.1 Å². The molecule has 5 rings (SSSR count). The summed E-state index contributed by atoms with van der Waals surface area (Å²) in [7, 11) is 0. The summed E-state index contributed by atoms with van der Waals surface area (Å²) in [5.41, 5.74) is -0.214. The van der Waals surface area contributed by atoms with Crippen molar-refractivity contribution in [2.24, 2.45) is 23.7 Å². The van der Waals surface area contributed by atoms with Crippen LogP contribution in [0.4, 0.5) is 24.5 Å². The van der Waals surface area contributed by atoms with Crippen LogP contribution in [0.5, 0.6) is 0 Å². The number of halogens is 3. The molecule has 2 aromatic rings. The topological polar surface area (TPSA) is 66.5 Å². The van der Waals surface area contributed by atoms with E-state index in [2.05, 4.69) is 5.32 Å². The number of fused-ring (bicyclic) bond motifs is 5. The van der Waals surface area contributed by atoms with E-state index in [1.807, 2.05) is 13.0 Å². The monoisotopic (exact) mass is 440 g/mol. The molecular formula is C24H19F3N2O3. The molecule has 4 atom stereocenters. The van der Waals surface area contributed by atoms with E-state index in [0.717, 1.165) is 29.0 Å². The first-order valence-electron chi connectivity index (χ1n) is 10.3. The number of carbonyl (C=O) groups is 3. The van der Waals surface area contributed by atoms with Gasteiger partial charge in [0, 0.05) is 0 Å². The number of alkyl halides is 3. The Kier molecular flexibility index (Phi) is 4.51. The van der Waals surface area contributed by atoms with Gasteiger partial charge < -0.3 is 5.32 Å². The molecule has 3 aliphatic rings. The minimum Gasteiger partial charge on any atom is -0.321 e. The molecule has 2 bridgehead atoms. The summed E-state index contributed by atoms with van der Waals surface area (Å²) in [5.74, 6) is -2.40. The lowest BCUT2D eigenvalue weighted by atomic mass is 9.82. The van der Waals surface area contributed by atoms with Crippen LogP contribution >= 0.6 is 0 Å². The van der Waals surface area contributed by atoms with Crippen LogP contribution in [0.1, 0.15) is 29.3 Å². The van der Waals surface area contributed by atoms with Crippen molar-refractivity contribution in [3.63, 3.8) is 0 Å². The maximum atomic E-state index is 13.3. The summed E-state index contributed by atoms with van der Waals surface area (Å²) in [6, 6.07) is 10.6. The van der Waals surface area contributed by atoms with Gasteiger partial charge in [-0.05, 0) is 49.4 Å². The van der Waals surface area contributed by atoms with Crippen LogP contribution in [0.3, 0.4) is 0 Å². The Labute approximate surface area is 181 Å². The van der Waals surface area contributed by atoms with Crippen molar-refractivity contribution in [3.05, 3.63) is 71.3 Å². The number of imide groups is 1. The molecule has 32 heavy (non-hydrogen) atoms. The molecule has 5 nitrogen and oxygen atoms in total. The smallest absolute Gasteiger partial charge is 0.321 e. The van der Waals surface area contributed by atoms with E-state index in [9.17, 15) is 27.6 Å². The molecule has 1 N–H and O–H groups in total. The van der Waals surface area contributed by atoms with Gasteiger partial charge in [-0.1, -0.05) is 35.9 Å². The number of allylic oxidation sites excluding steroid dienone is 2. The average molecular weight is 440 g/mol. The van der Waals surface area contributed by atoms with Crippen LogP contribution in [0.15, 0.2) is 60.2 Å². The van der Waals surface area contributed by atoms with Crippen molar-refractivity contribution in [1.82, 2.24) is 0 Å². The zero-order valence-corrected chi connectivity index (χ0v) is 17.0. The first kappa shape index (κ1) is 20.5. The maximum absolute atomic E-state index is 13.3. The van der Waals surface area contributed by atoms with Gasteiger partial charge in [0.1, 0.15) is 0 Å². The largest absolute Gasteiger partial charge is 0.418 e. The lowest BCUT2D eigenvalue weighted by Gasteiger charge is -2.21. The Morgan fingerprint density at radius 3 is 2.41 bits per heavy atom. The van der Waals surface area contributed by atoms with Gasteiger partial charge in [0.05, 0.1) is 34.3 Å². The molecule has 0 radical (unpaired) electrons. The van der Waals surface area contributed by atoms with Crippen LogP contribution in [0.25, 0.3) is 0 Å². The normalized spacial score (nSPS) is 26.4. The molecule has 1 aliphatic heterocycles. The second kappa shape index (κ2) is 7.05. The molecule has 1 saturated heterocycles. The summed E-state index contributed by atoms with van der Waals surface area (Å²) in [4.78, 5) is 40.5. The van der Waals surface area contributed by atoms with E-state index in [-0.39, 0.29) is 34.9 Å². The van der Waals surface area contributed by atoms with Gasteiger partial charge >= 0.3 is 6.18 Å². The van der Waals surface area contributed by atoms with E-state index in [1.165, 1.54) is 30.3 Å². The van der Waals surface area contributed by atoms with Crippen LogP contribution < -0.4 is 10.2 Å². The third-order valence-corrected chi connectivity index (χ3v) is 6.75. The fourth-order valence-electron chi connectivity index (χ4n) is 5.40. The number of hydrogen-bond donors (Lipinski definition) is 1. The molecular weight excluding hydrogens is 421 g/mol. The standard InChI is InChI=1S/C24H19F3N2O3/c1-12-10-13-11-15(12)20-19(13)22(31)29(23(20)32)18-9-5-2-6-14(18)21(30)28-17-8-4-3-7-16(17)24(25,26)27/h2-10,13,15,19-20H,11H2,1H3,(H,28,30)/t13-,15+,19+,20-/m0/s1. The van der Waals surface area contributed by atoms with Gasteiger partial charge in [0.25, 0.3) is 5.91 Å². The first-order chi connectivity index (χ1) is 15.2. The molecule has 3 amide bonds. The van der Waals surface area contributed by atoms with Gasteiger partial charge in [-0.3, -0.25) is 14.4 Å². The lowest BCUT2D eigenvalue weighted by Crippen LogP contribution is -2.34. The highest BCUT2D eigenvalue weighted by Gasteiger charge is 2.61. The third kappa shape index (κ3) is 2.97.